The van der Waals surface area contributed by atoms with Crippen LogP contribution in [-0.4, -0.2) is 4.57 Å². The largest absolute Gasteiger partial charge is 0.467 e. The first-order valence-electron chi connectivity index (χ1n) is 7.96. The lowest BCUT2D eigenvalue weighted by Gasteiger charge is -2.08. The smallest absolute Gasteiger partial charge is 0.190 e. The van der Waals surface area contributed by atoms with Gasteiger partial charge in [-0.3, -0.25) is 0 Å². The number of thiazole rings is 1. The van der Waals surface area contributed by atoms with E-state index in [0.717, 1.165) is 27.5 Å². The normalized spacial score (nSPS) is 11.8. The maximum absolute atomic E-state index is 13.3. The Morgan fingerprint density at radius 3 is 2.50 bits per heavy atom. The second-order valence-electron chi connectivity index (χ2n) is 5.66. The van der Waals surface area contributed by atoms with Gasteiger partial charge in [0.15, 0.2) is 4.80 Å². The van der Waals surface area contributed by atoms with E-state index in [-0.39, 0.29) is 5.82 Å². The molecule has 0 spiro atoms. The average molecular weight is 385 g/mol. The molecule has 0 saturated carbocycles. The molecular formula is C20H14ClFN2OS. The molecule has 0 amide bonds. The van der Waals surface area contributed by atoms with E-state index in [1.165, 1.54) is 23.5 Å². The molecule has 0 atom stereocenters. The molecule has 0 N–H and O–H groups in total. The molecule has 0 saturated heterocycles. The van der Waals surface area contributed by atoms with Crippen molar-refractivity contribution in [3.63, 3.8) is 0 Å². The predicted octanol–water partition coefficient (Wildman–Crippen LogP) is 5.88. The Kier molecular flexibility index (Phi) is 4.73. The molecule has 26 heavy (non-hydrogen) atoms. The molecule has 6 heteroatoms. The summed E-state index contributed by atoms with van der Waals surface area (Å²) >= 11 is 7.47. The third-order valence-electron chi connectivity index (χ3n) is 3.88. The van der Waals surface area contributed by atoms with Crippen LogP contribution >= 0.6 is 22.9 Å². The van der Waals surface area contributed by atoms with Crippen molar-refractivity contribution in [1.82, 2.24) is 4.57 Å². The molecule has 0 aliphatic carbocycles. The van der Waals surface area contributed by atoms with E-state index in [1.807, 2.05) is 41.8 Å². The first kappa shape index (κ1) is 16.8. The zero-order valence-corrected chi connectivity index (χ0v) is 15.2. The lowest BCUT2D eigenvalue weighted by atomic mass is 10.1. The van der Waals surface area contributed by atoms with Gasteiger partial charge in [-0.05, 0) is 66.2 Å². The van der Waals surface area contributed by atoms with Crippen LogP contribution in [0.5, 0.6) is 0 Å². The Bertz CT molecular complexity index is 1060. The summed E-state index contributed by atoms with van der Waals surface area (Å²) in [6, 6.07) is 17.6. The van der Waals surface area contributed by atoms with Gasteiger partial charge < -0.3 is 8.98 Å². The molecule has 0 bridgehead atoms. The van der Waals surface area contributed by atoms with Crippen molar-refractivity contribution in [3.05, 3.63) is 93.7 Å². The third kappa shape index (κ3) is 3.64. The summed E-state index contributed by atoms with van der Waals surface area (Å²) in [4.78, 5) is 5.56. The minimum Gasteiger partial charge on any atom is -0.467 e. The van der Waals surface area contributed by atoms with Crippen molar-refractivity contribution in [1.29, 1.82) is 0 Å². The Morgan fingerprint density at radius 2 is 1.81 bits per heavy atom. The van der Waals surface area contributed by atoms with Gasteiger partial charge in [-0.2, -0.15) is 0 Å². The molecule has 2 aromatic carbocycles. The van der Waals surface area contributed by atoms with Crippen LogP contribution in [0, 0.1) is 5.82 Å². The molecule has 4 rings (SSSR count). The van der Waals surface area contributed by atoms with Gasteiger partial charge in [0.25, 0.3) is 0 Å². The highest BCUT2D eigenvalue weighted by Gasteiger charge is 2.10. The topological polar surface area (TPSA) is 30.4 Å². The summed E-state index contributed by atoms with van der Waals surface area (Å²) in [6.45, 7) is 0.537. The van der Waals surface area contributed by atoms with Gasteiger partial charge in [0.2, 0.25) is 0 Å². The highest BCUT2D eigenvalue weighted by molar-refractivity contribution is 7.07. The maximum atomic E-state index is 13.3. The Labute approximate surface area is 158 Å². The van der Waals surface area contributed by atoms with Crippen LogP contribution in [-0.2, 0) is 6.54 Å². The van der Waals surface area contributed by atoms with Gasteiger partial charge in [0.05, 0.1) is 24.2 Å². The highest BCUT2D eigenvalue weighted by Crippen LogP contribution is 2.23. The minimum atomic E-state index is -0.257. The summed E-state index contributed by atoms with van der Waals surface area (Å²) in [7, 11) is 0. The van der Waals surface area contributed by atoms with E-state index in [4.69, 9.17) is 21.0 Å². The van der Waals surface area contributed by atoms with Crippen molar-refractivity contribution in [2.75, 3.05) is 0 Å². The Hall–Kier alpha value is -2.63. The average Bonchev–Trinajstić information content (AvgIpc) is 3.29. The first-order chi connectivity index (χ1) is 12.7. The van der Waals surface area contributed by atoms with Crippen LogP contribution in [0.25, 0.3) is 11.3 Å². The Balaban J connectivity index is 1.83. The molecule has 2 aromatic heterocycles. The standard InChI is InChI=1S/C20H14ClFN2OS/c21-15-5-9-17(10-6-15)23-20-24(12-18-2-1-11-25-18)19(13-26-20)14-3-7-16(22)8-4-14/h1-11,13H,12H2. The molecule has 0 fully saturated rings. The van der Waals surface area contributed by atoms with Crippen LogP contribution in [0.15, 0.2) is 81.7 Å². The zero-order chi connectivity index (χ0) is 17.9. The fraction of sp³-hybridized carbons (Fsp3) is 0.0500. The molecule has 4 aromatic rings. The lowest BCUT2D eigenvalue weighted by molar-refractivity contribution is 0.492. The van der Waals surface area contributed by atoms with Gasteiger partial charge >= 0.3 is 0 Å². The molecular weight excluding hydrogens is 371 g/mol. The number of benzene rings is 2. The molecule has 0 aliphatic heterocycles. The molecule has 0 unspecified atom stereocenters. The van der Waals surface area contributed by atoms with E-state index in [0.29, 0.717) is 11.6 Å². The number of hydrogen-bond acceptors (Lipinski definition) is 3. The quantitative estimate of drug-likeness (QED) is 0.432. The van der Waals surface area contributed by atoms with Crippen molar-refractivity contribution >= 4 is 28.6 Å². The fourth-order valence-corrected chi connectivity index (χ4v) is 3.66. The van der Waals surface area contributed by atoms with Gasteiger partial charge in [-0.15, -0.1) is 11.3 Å². The van der Waals surface area contributed by atoms with Gasteiger partial charge in [0.1, 0.15) is 11.6 Å². The van der Waals surface area contributed by atoms with Crippen LogP contribution in [0.2, 0.25) is 5.02 Å². The van der Waals surface area contributed by atoms with E-state index in [2.05, 4.69) is 4.57 Å². The number of furan rings is 1. The number of nitrogens with zero attached hydrogens (tertiary/aromatic N) is 2. The third-order valence-corrected chi connectivity index (χ3v) is 5.00. The number of hydrogen-bond donors (Lipinski definition) is 0. The summed E-state index contributed by atoms with van der Waals surface area (Å²) in [6.07, 6.45) is 1.65. The van der Waals surface area contributed by atoms with E-state index in [9.17, 15) is 4.39 Å². The van der Waals surface area contributed by atoms with Crippen LogP contribution in [0.3, 0.4) is 0 Å². The predicted molar refractivity (Wildman–Crippen MR) is 102 cm³/mol. The van der Waals surface area contributed by atoms with E-state index in [1.54, 1.807) is 18.4 Å². The number of aromatic nitrogens is 1. The fourth-order valence-electron chi connectivity index (χ4n) is 2.61. The first-order valence-corrected chi connectivity index (χ1v) is 9.22. The summed E-state index contributed by atoms with van der Waals surface area (Å²) in [5.74, 6) is 0.567. The molecule has 0 radical (unpaired) electrons. The van der Waals surface area contributed by atoms with Crippen molar-refractivity contribution in [2.24, 2.45) is 4.99 Å². The van der Waals surface area contributed by atoms with Crippen LogP contribution in [0.1, 0.15) is 5.76 Å². The van der Waals surface area contributed by atoms with Crippen molar-refractivity contribution in [2.45, 2.75) is 6.54 Å². The second-order valence-corrected chi connectivity index (χ2v) is 6.94. The zero-order valence-electron chi connectivity index (χ0n) is 13.6. The second kappa shape index (κ2) is 7.32. The lowest BCUT2D eigenvalue weighted by Crippen LogP contribution is -2.16. The molecule has 130 valence electrons. The van der Waals surface area contributed by atoms with E-state index < -0.39 is 0 Å². The highest BCUT2D eigenvalue weighted by atomic mass is 35.5. The summed E-state index contributed by atoms with van der Waals surface area (Å²) in [5.41, 5.74) is 2.70. The Morgan fingerprint density at radius 1 is 1.04 bits per heavy atom. The van der Waals surface area contributed by atoms with Gasteiger partial charge in [-0.1, -0.05) is 11.6 Å². The SMILES string of the molecule is Fc1ccc(-c2csc(=Nc3ccc(Cl)cc3)n2Cc2ccco2)cc1. The molecule has 0 aliphatic rings. The van der Waals surface area contributed by atoms with E-state index >= 15 is 0 Å². The monoisotopic (exact) mass is 384 g/mol. The van der Waals surface area contributed by atoms with Crippen molar-refractivity contribution < 1.29 is 8.81 Å². The van der Waals surface area contributed by atoms with Gasteiger partial charge in [-0.25, -0.2) is 9.38 Å². The molecule has 2 heterocycles. The van der Waals surface area contributed by atoms with Crippen LogP contribution < -0.4 is 4.80 Å². The van der Waals surface area contributed by atoms with Crippen molar-refractivity contribution in [3.8, 4) is 11.3 Å². The maximum Gasteiger partial charge on any atom is 0.190 e. The van der Waals surface area contributed by atoms with Gasteiger partial charge in [0, 0.05) is 10.4 Å². The van der Waals surface area contributed by atoms with Crippen LogP contribution in [0.4, 0.5) is 10.1 Å². The molecule has 3 nitrogen and oxygen atoms in total. The summed E-state index contributed by atoms with van der Waals surface area (Å²) in [5, 5.41) is 2.69. The number of halogens is 2. The number of rotatable bonds is 4. The minimum absolute atomic E-state index is 0.257. The summed E-state index contributed by atoms with van der Waals surface area (Å²) < 4.78 is 20.8.